The quantitative estimate of drug-likeness (QED) is 0.677. The van der Waals surface area contributed by atoms with Gasteiger partial charge in [-0.25, -0.2) is 4.79 Å². The summed E-state index contributed by atoms with van der Waals surface area (Å²) < 4.78 is 6.70. The van der Waals surface area contributed by atoms with Crippen molar-refractivity contribution in [3.05, 3.63) is 32.6 Å². The first-order chi connectivity index (χ1) is 9.24. The number of aromatic amines is 1. The van der Waals surface area contributed by atoms with E-state index in [1.54, 1.807) is 0 Å². The summed E-state index contributed by atoms with van der Waals surface area (Å²) in [6, 6.07) is 0. The summed E-state index contributed by atoms with van der Waals surface area (Å²) in [4.78, 5) is 26.0. The predicted octanol–water partition coefficient (Wildman–Crippen LogP) is -0.525. The van der Waals surface area contributed by atoms with Gasteiger partial charge in [0.25, 0.3) is 5.56 Å². The van der Waals surface area contributed by atoms with Crippen molar-refractivity contribution < 1.29 is 14.9 Å². The number of nitrogens with one attached hydrogen (secondary N) is 1. The predicted molar refractivity (Wildman–Crippen MR) is 71.6 cm³/mol. The van der Waals surface area contributed by atoms with Crippen molar-refractivity contribution in [3.63, 3.8) is 0 Å². The molecular weight excluding hydrogens is 264 g/mol. The van der Waals surface area contributed by atoms with Gasteiger partial charge >= 0.3 is 5.69 Å². The van der Waals surface area contributed by atoms with Crippen molar-refractivity contribution in [2.24, 2.45) is 0 Å². The van der Waals surface area contributed by atoms with E-state index in [0.29, 0.717) is 5.56 Å². The lowest BCUT2D eigenvalue weighted by Gasteiger charge is -2.21. The lowest BCUT2D eigenvalue weighted by Crippen LogP contribution is -2.37. The molecule has 1 fully saturated rings. The van der Waals surface area contributed by atoms with Gasteiger partial charge in [-0.05, 0) is 5.41 Å². The van der Waals surface area contributed by atoms with E-state index >= 15 is 0 Å². The Bertz CT molecular complexity index is 598. The zero-order valence-electron chi connectivity index (χ0n) is 11.8. The Morgan fingerprint density at radius 2 is 2.10 bits per heavy atom. The summed E-state index contributed by atoms with van der Waals surface area (Å²) in [6.07, 6.45) is -0.564. The average molecular weight is 284 g/mol. The van der Waals surface area contributed by atoms with Crippen molar-refractivity contribution in [2.75, 3.05) is 6.61 Å². The number of hydrogen-bond acceptors (Lipinski definition) is 5. The summed E-state index contributed by atoms with van der Waals surface area (Å²) >= 11 is 0. The molecule has 1 aliphatic rings. The molecule has 3 N–H and O–H groups in total. The van der Waals surface area contributed by atoms with Gasteiger partial charge in [-0.15, -0.1) is 0 Å². The van der Waals surface area contributed by atoms with Crippen LogP contribution in [0.4, 0.5) is 0 Å². The summed E-state index contributed by atoms with van der Waals surface area (Å²) in [5, 5.41) is 18.8. The maximum atomic E-state index is 11.9. The third-order valence-corrected chi connectivity index (χ3v) is 3.47. The van der Waals surface area contributed by atoms with Crippen LogP contribution in [0.3, 0.4) is 0 Å². The van der Waals surface area contributed by atoms with Crippen LogP contribution in [0.1, 0.15) is 39.0 Å². The Labute approximate surface area is 115 Å². The number of aliphatic hydroxyl groups is 2. The van der Waals surface area contributed by atoms with Gasteiger partial charge in [0.15, 0.2) is 0 Å². The van der Waals surface area contributed by atoms with Crippen LogP contribution in [0.25, 0.3) is 0 Å². The molecule has 1 aromatic rings. The zero-order chi connectivity index (χ0) is 15.1. The van der Waals surface area contributed by atoms with Crippen molar-refractivity contribution in [1.29, 1.82) is 0 Å². The highest BCUT2D eigenvalue weighted by Crippen LogP contribution is 2.28. The molecule has 2 heterocycles. The molecule has 1 aromatic heterocycles. The first-order valence-electron chi connectivity index (χ1n) is 6.54. The molecule has 1 aliphatic heterocycles. The van der Waals surface area contributed by atoms with Crippen LogP contribution in [0.5, 0.6) is 0 Å². The first kappa shape index (κ1) is 15.0. The fourth-order valence-electron chi connectivity index (χ4n) is 2.28. The molecule has 7 heteroatoms. The van der Waals surface area contributed by atoms with Gasteiger partial charge in [-0.3, -0.25) is 14.3 Å². The van der Waals surface area contributed by atoms with E-state index < -0.39 is 35.1 Å². The third-order valence-electron chi connectivity index (χ3n) is 3.47. The summed E-state index contributed by atoms with van der Waals surface area (Å²) in [5.41, 5.74) is -0.964. The van der Waals surface area contributed by atoms with Crippen LogP contribution in [0, 0.1) is 0 Å². The van der Waals surface area contributed by atoms with Gasteiger partial charge in [0.1, 0.15) is 12.3 Å². The van der Waals surface area contributed by atoms with E-state index in [0.717, 1.165) is 0 Å². The van der Waals surface area contributed by atoms with Gasteiger partial charge in [0.05, 0.1) is 12.7 Å². The molecule has 2 rings (SSSR count). The molecule has 7 nitrogen and oxygen atoms in total. The molecule has 112 valence electrons. The van der Waals surface area contributed by atoms with E-state index in [-0.39, 0.29) is 13.0 Å². The molecule has 0 aromatic carbocycles. The molecular formula is C13H20N2O5. The first-order valence-corrected chi connectivity index (χ1v) is 6.54. The third kappa shape index (κ3) is 2.70. The lowest BCUT2D eigenvalue weighted by molar-refractivity contribution is -0.0460. The highest BCUT2D eigenvalue weighted by molar-refractivity contribution is 5.15. The van der Waals surface area contributed by atoms with E-state index in [1.807, 2.05) is 20.8 Å². The van der Waals surface area contributed by atoms with E-state index in [9.17, 15) is 14.7 Å². The number of ether oxygens (including phenoxy) is 1. The van der Waals surface area contributed by atoms with E-state index in [2.05, 4.69) is 4.98 Å². The molecule has 0 spiro atoms. The maximum absolute atomic E-state index is 11.9. The largest absolute Gasteiger partial charge is 0.394 e. The second-order valence-corrected chi connectivity index (χ2v) is 6.07. The Hall–Kier alpha value is -1.44. The number of aliphatic hydroxyl groups excluding tert-OH is 2. The highest BCUT2D eigenvalue weighted by Gasteiger charge is 2.35. The Kier molecular flexibility index (Phi) is 3.86. The topological polar surface area (TPSA) is 105 Å². The highest BCUT2D eigenvalue weighted by atomic mass is 16.5. The van der Waals surface area contributed by atoms with Crippen molar-refractivity contribution >= 4 is 0 Å². The zero-order valence-corrected chi connectivity index (χ0v) is 11.8. The Balaban J connectivity index is 2.43. The monoisotopic (exact) mass is 284 g/mol. The molecule has 0 aliphatic carbocycles. The van der Waals surface area contributed by atoms with Gasteiger partial charge in [0.2, 0.25) is 0 Å². The number of nitrogens with zero attached hydrogens (tertiary/aromatic N) is 1. The molecule has 3 atom stereocenters. The smallest absolute Gasteiger partial charge is 0.330 e. The molecule has 0 amide bonds. The molecule has 0 radical (unpaired) electrons. The van der Waals surface area contributed by atoms with Crippen LogP contribution in [-0.4, -0.2) is 38.6 Å². The Morgan fingerprint density at radius 3 is 2.60 bits per heavy atom. The molecule has 0 bridgehead atoms. The lowest BCUT2D eigenvalue weighted by atomic mass is 9.89. The fourth-order valence-corrected chi connectivity index (χ4v) is 2.28. The van der Waals surface area contributed by atoms with Gasteiger partial charge in [0, 0.05) is 18.2 Å². The number of hydrogen-bond donors (Lipinski definition) is 3. The standard InChI is InChI=1S/C13H20N2O5/c1-13(2,3)7-5-15(12(19)14-11(7)18)10-4-8(17)9(6-16)20-10/h5,8-10,16-17H,4,6H2,1-3H3,(H,14,18,19)/t8-,9+,10+/m0/s1. The SMILES string of the molecule is CC(C)(C)c1cn([C@H]2C[C@H](O)[C@@H](CO)O2)c(=O)[nH]c1=O. The number of rotatable bonds is 2. The molecule has 1 saturated heterocycles. The number of H-pyrrole nitrogens is 1. The van der Waals surface area contributed by atoms with Gasteiger partial charge in [-0.1, -0.05) is 20.8 Å². The summed E-state index contributed by atoms with van der Waals surface area (Å²) in [7, 11) is 0. The van der Waals surface area contributed by atoms with Crippen LogP contribution >= 0.6 is 0 Å². The molecule has 20 heavy (non-hydrogen) atoms. The Morgan fingerprint density at radius 1 is 1.45 bits per heavy atom. The molecule has 0 saturated carbocycles. The molecule has 0 unspecified atom stereocenters. The summed E-state index contributed by atoms with van der Waals surface area (Å²) in [5.74, 6) is 0. The van der Waals surface area contributed by atoms with E-state index in [4.69, 9.17) is 9.84 Å². The van der Waals surface area contributed by atoms with Crippen molar-refractivity contribution in [3.8, 4) is 0 Å². The minimum Gasteiger partial charge on any atom is -0.394 e. The minimum atomic E-state index is -0.832. The van der Waals surface area contributed by atoms with E-state index in [1.165, 1.54) is 10.8 Å². The van der Waals surface area contributed by atoms with Crippen LogP contribution < -0.4 is 11.2 Å². The minimum absolute atomic E-state index is 0.195. The van der Waals surface area contributed by atoms with Gasteiger partial charge < -0.3 is 14.9 Å². The second kappa shape index (κ2) is 5.16. The second-order valence-electron chi connectivity index (χ2n) is 6.07. The van der Waals surface area contributed by atoms with Crippen molar-refractivity contribution in [1.82, 2.24) is 9.55 Å². The number of aromatic nitrogens is 2. The van der Waals surface area contributed by atoms with Crippen molar-refractivity contribution in [2.45, 2.75) is 51.0 Å². The van der Waals surface area contributed by atoms with Crippen LogP contribution in [0.15, 0.2) is 15.8 Å². The fraction of sp³-hybridized carbons (Fsp3) is 0.692. The van der Waals surface area contributed by atoms with Crippen LogP contribution in [0.2, 0.25) is 0 Å². The maximum Gasteiger partial charge on any atom is 0.330 e. The average Bonchev–Trinajstić information content (AvgIpc) is 2.68. The summed E-state index contributed by atoms with van der Waals surface area (Å²) in [6.45, 7) is 5.29. The van der Waals surface area contributed by atoms with Gasteiger partial charge in [-0.2, -0.15) is 0 Å². The normalized spacial score (nSPS) is 26.9. The van der Waals surface area contributed by atoms with Crippen LogP contribution in [-0.2, 0) is 10.2 Å².